The summed E-state index contributed by atoms with van der Waals surface area (Å²) in [6, 6.07) is 17.2. The number of ether oxygens (including phenoxy) is 1. The third-order valence-corrected chi connectivity index (χ3v) is 13.0. The van der Waals surface area contributed by atoms with E-state index in [4.69, 9.17) is 44.5 Å². The lowest BCUT2D eigenvalue weighted by Crippen LogP contribution is -2.59. The third kappa shape index (κ3) is 7.67. The van der Waals surface area contributed by atoms with E-state index in [1.54, 1.807) is 41.0 Å². The monoisotopic (exact) mass is 781 g/mol. The zero-order valence-electron chi connectivity index (χ0n) is 28.7. The molecule has 3 aromatic rings. The topological polar surface area (TPSA) is 113 Å². The number of halogens is 3. The third-order valence-electron chi connectivity index (χ3n) is 9.93. The van der Waals surface area contributed by atoms with Crippen molar-refractivity contribution in [1.29, 1.82) is 0 Å². The molecule has 0 N–H and O–H groups in total. The standard InChI is InChI=1S/C36H42Cl3N3O6S2/c1-6-48-31-23-30(39)32(50(5,46)47)22-29(31)33-40-35(2,25-9-13-27(37)14-10-25)36(3,26-11-15-28(38)16-12-26)42(33)34(43)41-19-17-24(18-20-41)8-7-21-49(4,44)45/h9-16,22-24H,6-8,17-21H2,1-5H3/t35-,36+/m0/s1. The molecule has 5 rings (SSSR count). The molecular weight excluding hydrogens is 741 g/mol. The molecule has 50 heavy (non-hydrogen) atoms. The fourth-order valence-corrected chi connectivity index (χ4v) is 9.29. The second kappa shape index (κ2) is 14.7. The Morgan fingerprint density at radius 2 is 1.46 bits per heavy atom. The molecule has 3 aromatic carbocycles. The van der Waals surface area contributed by atoms with Crippen LogP contribution in [-0.2, 0) is 30.8 Å². The molecule has 14 heteroatoms. The number of hydrogen-bond donors (Lipinski definition) is 0. The highest BCUT2D eigenvalue weighted by molar-refractivity contribution is 7.91. The van der Waals surface area contributed by atoms with Gasteiger partial charge in [-0.2, -0.15) is 0 Å². The molecule has 270 valence electrons. The highest BCUT2D eigenvalue weighted by Crippen LogP contribution is 2.54. The van der Waals surface area contributed by atoms with Gasteiger partial charge in [0.15, 0.2) is 9.84 Å². The number of nitrogens with zero attached hydrogens (tertiary/aromatic N) is 3. The van der Waals surface area contributed by atoms with Crippen LogP contribution in [-0.4, -0.2) is 76.5 Å². The van der Waals surface area contributed by atoms with Gasteiger partial charge in [0.2, 0.25) is 0 Å². The number of rotatable bonds is 10. The van der Waals surface area contributed by atoms with Crippen LogP contribution in [0.3, 0.4) is 0 Å². The molecule has 0 radical (unpaired) electrons. The minimum Gasteiger partial charge on any atom is -0.493 e. The van der Waals surface area contributed by atoms with Gasteiger partial charge < -0.3 is 9.64 Å². The highest BCUT2D eigenvalue weighted by Gasteiger charge is 2.60. The molecule has 9 nitrogen and oxygen atoms in total. The summed E-state index contributed by atoms with van der Waals surface area (Å²) in [5.74, 6) is 0.934. The lowest BCUT2D eigenvalue weighted by Gasteiger charge is -2.47. The van der Waals surface area contributed by atoms with Crippen molar-refractivity contribution in [2.24, 2.45) is 10.9 Å². The zero-order valence-corrected chi connectivity index (χ0v) is 32.7. The maximum Gasteiger partial charge on any atom is 0.326 e. The Balaban J connectivity index is 1.70. The zero-order chi connectivity index (χ0) is 36.6. The fraction of sp³-hybridized carbons (Fsp3) is 0.444. The molecule has 2 amide bonds. The smallest absolute Gasteiger partial charge is 0.326 e. The van der Waals surface area contributed by atoms with E-state index in [1.807, 2.05) is 38.1 Å². The van der Waals surface area contributed by atoms with Crippen LogP contribution in [0.2, 0.25) is 15.1 Å². The quantitative estimate of drug-likeness (QED) is 0.206. The second-order valence-electron chi connectivity index (χ2n) is 13.4. The van der Waals surface area contributed by atoms with Gasteiger partial charge in [-0.25, -0.2) is 21.6 Å². The van der Waals surface area contributed by atoms with Gasteiger partial charge in [-0.1, -0.05) is 59.1 Å². The van der Waals surface area contributed by atoms with Crippen LogP contribution in [0.4, 0.5) is 4.79 Å². The molecule has 2 aliphatic heterocycles. The summed E-state index contributed by atoms with van der Waals surface area (Å²) >= 11 is 19.2. The molecule has 2 heterocycles. The highest BCUT2D eigenvalue weighted by atomic mass is 35.5. The minimum absolute atomic E-state index is 0.00459. The Hall–Kier alpha value is -2.83. The molecular formula is C36H42Cl3N3O6S2. The first-order valence-electron chi connectivity index (χ1n) is 16.4. The lowest BCUT2D eigenvalue weighted by molar-refractivity contribution is 0.0959. The Morgan fingerprint density at radius 3 is 1.98 bits per heavy atom. The van der Waals surface area contributed by atoms with Crippen molar-refractivity contribution in [3.63, 3.8) is 0 Å². The number of urea groups is 1. The Morgan fingerprint density at radius 1 is 0.900 bits per heavy atom. The molecule has 0 bridgehead atoms. The van der Waals surface area contributed by atoms with Crippen LogP contribution < -0.4 is 4.74 Å². The minimum atomic E-state index is -3.79. The predicted molar refractivity (Wildman–Crippen MR) is 200 cm³/mol. The van der Waals surface area contributed by atoms with Gasteiger partial charge in [-0.3, -0.25) is 9.89 Å². The maximum atomic E-state index is 15.1. The molecule has 0 aromatic heterocycles. The van der Waals surface area contributed by atoms with E-state index in [0.717, 1.165) is 23.8 Å². The number of carbonyl (C=O) groups excluding carboxylic acids is 1. The summed E-state index contributed by atoms with van der Waals surface area (Å²) in [7, 11) is -6.84. The Labute approximate surface area is 310 Å². The largest absolute Gasteiger partial charge is 0.493 e. The molecule has 1 saturated heterocycles. The van der Waals surface area contributed by atoms with Crippen molar-refractivity contribution >= 4 is 66.3 Å². The number of amides is 2. The normalized spacial score (nSPS) is 21.7. The summed E-state index contributed by atoms with van der Waals surface area (Å²) in [6.07, 6.45) is 5.09. The number of likely N-dealkylation sites (tertiary alicyclic amines) is 1. The Bertz CT molecular complexity index is 2000. The number of hydrogen-bond acceptors (Lipinski definition) is 7. The molecule has 0 aliphatic carbocycles. The van der Waals surface area contributed by atoms with Gasteiger partial charge in [-0.05, 0) is 93.8 Å². The SMILES string of the molecule is CCOc1cc(Cl)c(S(C)(=O)=O)cc1C1=N[C@@](C)(c2ccc(Cl)cc2)[C@@](C)(c2ccc(Cl)cc2)N1C(=O)N1CCC(CCCS(C)(=O)=O)CC1. The van der Waals surface area contributed by atoms with E-state index in [1.165, 1.54) is 18.4 Å². The summed E-state index contributed by atoms with van der Waals surface area (Å²) in [6.45, 7) is 6.85. The van der Waals surface area contributed by atoms with Gasteiger partial charge >= 0.3 is 6.03 Å². The summed E-state index contributed by atoms with van der Waals surface area (Å²) in [5, 5.41) is 1.05. The second-order valence-corrected chi connectivity index (χ2v) is 18.9. The van der Waals surface area contributed by atoms with E-state index < -0.39 is 30.8 Å². The van der Waals surface area contributed by atoms with Crippen LogP contribution >= 0.6 is 34.8 Å². The van der Waals surface area contributed by atoms with Crippen LogP contribution in [0.25, 0.3) is 0 Å². The first-order valence-corrected chi connectivity index (χ1v) is 21.5. The van der Waals surface area contributed by atoms with Gasteiger partial charge in [0.05, 0.1) is 22.1 Å². The van der Waals surface area contributed by atoms with Crippen molar-refractivity contribution in [3.05, 3.63) is 92.4 Å². The van der Waals surface area contributed by atoms with E-state index in [2.05, 4.69) is 0 Å². The molecule has 0 unspecified atom stereocenters. The van der Waals surface area contributed by atoms with Gasteiger partial charge in [0.25, 0.3) is 0 Å². The summed E-state index contributed by atoms with van der Waals surface area (Å²) < 4.78 is 55.4. The van der Waals surface area contributed by atoms with Crippen molar-refractivity contribution in [2.45, 2.75) is 62.4 Å². The van der Waals surface area contributed by atoms with Crippen molar-refractivity contribution in [3.8, 4) is 5.75 Å². The lowest BCUT2D eigenvalue weighted by atomic mass is 9.71. The van der Waals surface area contributed by atoms with Crippen LogP contribution in [0.15, 0.2) is 70.6 Å². The molecule has 2 atom stereocenters. The Kier molecular flexibility index (Phi) is 11.3. The molecule has 0 saturated carbocycles. The van der Waals surface area contributed by atoms with Crippen LogP contribution in [0.1, 0.15) is 63.1 Å². The van der Waals surface area contributed by atoms with Crippen LogP contribution in [0, 0.1) is 5.92 Å². The maximum absolute atomic E-state index is 15.1. The number of piperidine rings is 1. The van der Waals surface area contributed by atoms with E-state index >= 15 is 4.79 Å². The predicted octanol–water partition coefficient (Wildman–Crippen LogP) is 8.00. The van der Waals surface area contributed by atoms with E-state index in [-0.39, 0.29) is 45.8 Å². The average Bonchev–Trinajstić information content (AvgIpc) is 3.28. The van der Waals surface area contributed by atoms with Crippen molar-refractivity contribution in [2.75, 3.05) is 38.0 Å². The van der Waals surface area contributed by atoms with Crippen molar-refractivity contribution in [1.82, 2.24) is 9.80 Å². The first-order chi connectivity index (χ1) is 23.4. The number of amidine groups is 1. The number of benzene rings is 3. The van der Waals surface area contributed by atoms with E-state index in [0.29, 0.717) is 48.0 Å². The molecule has 0 spiro atoms. The van der Waals surface area contributed by atoms with Crippen LogP contribution in [0.5, 0.6) is 5.75 Å². The molecule has 1 fully saturated rings. The number of carbonyl (C=O) groups is 1. The van der Waals surface area contributed by atoms with Gasteiger partial charge in [-0.15, -0.1) is 0 Å². The number of aliphatic imine (C=N–C) groups is 1. The molecule has 2 aliphatic rings. The van der Waals surface area contributed by atoms with Gasteiger partial charge in [0.1, 0.15) is 32.5 Å². The first kappa shape index (κ1) is 38.4. The van der Waals surface area contributed by atoms with Gasteiger partial charge in [0, 0.05) is 47.5 Å². The summed E-state index contributed by atoms with van der Waals surface area (Å²) in [4.78, 5) is 23.8. The average molecular weight is 783 g/mol. The summed E-state index contributed by atoms with van der Waals surface area (Å²) in [5.41, 5.74) is -0.490. The van der Waals surface area contributed by atoms with Crippen molar-refractivity contribution < 1.29 is 26.4 Å². The number of sulfone groups is 2. The van der Waals surface area contributed by atoms with E-state index in [9.17, 15) is 16.8 Å². The fourth-order valence-electron chi connectivity index (χ4n) is 7.02.